The zero-order chi connectivity index (χ0) is 13.7. The van der Waals surface area contributed by atoms with Gasteiger partial charge in [0, 0.05) is 44.5 Å². The summed E-state index contributed by atoms with van der Waals surface area (Å²) in [7, 11) is 0. The van der Waals surface area contributed by atoms with Crippen LogP contribution < -0.4 is 0 Å². The molecule has 1 aromatic rings. The van der Waals surface area contributed by atoms with E-state index in [0.29, 0.717) is 13.0 Å². The van der Waals surface area contributed by atoms with Crippen LogP contribution >= 0.6 is 11.3 Å². The molecule has 1 fully saturated rings. The molecule has 0 unspecified atom stereocenters. The molecule has 1 aromatic heterocycles. The first-order chi connectivity index (χ1) is 9.15. The second-order valence-corrected chi connectivity index (χ2v) is 5.73. The second kappa shape index (κ2) is 6.98. The molecule has 1 saturated heterocycles. The van der Waals surface area contributed by atoms with E-state index in [2.05, 4.69) is 9.88 Å². The van der Waals surface area contributed by atoms with Crippen LogP contribution in [0.4, 0.5) is 0 Å². The van der Waals surface area contributed by atoms with Crippen LogP contribution in [0.25, 0.3) is 0 Å². The predicted molar refractivity (Wildman–Crippen MR) is 75.1 cm³/mol. The number of amides is 1. The highest BCUT2D eigenvalue weighted by molar-refractivity contribution is 7.07. The van der Waals surface area contributed by atoms with Crippen molar-refractivity contribution in [2.75, 3.05) is 32.7 Å². The van der Waals surface area contributed by atoms with Gasteiger partial charge in [0.25, 0.3) is 0 Å². The molecule has 0 bridgehead atoms. The standard InChI is InChI=1S/C13H21N3O2S/c1-11(17)8-15-4-6-16(7-5-15)13(18)3-2-12-9-19-10-14-12/h9-11,17H,2-8H2,1H3/t11-/m0/s1. The fourth-order valence-corrected chi connectivity index (χ4v) is 2.90. The zero-order valence-corrected chi connectivity index (χ0v) is 12.1. The number of β-amino-alcohol motifs (C(OH)–C–C–N with tert-alkyl or cyclic N) is 1. The molecule has 0 aliphatic carbocycles. The molecule has 1 atom stereocenters. The third kappa shape index (κ3) is 4.56. The van der Waals surface area contributed by atoms with Crippen molar-refractivity contribution in [2.24, 2.45) is 0 Å². The Bertz CT molecular complexity index is 387. The summed E-state index contributed by atoms with van der Waals surface area (Å²) in [4.78, 5) is 20.4. The summed E-state index contributed by atoms with van der Waals surface area (Å²) in [5.74, 6) is 0.213. The first kappa shape index (κ1) is 14.4. The molecule has 1 N–H and O–H groups in total. The normalized spacial score (nSPS) is 18.5. The van der Waals surface area contributed by atoms with E-state index in [9.17, 15) is 9.90 Å². The van der Waals surface area contributed by atoms with Gasteiger partial charge < -0.3 is 10.0 Å². The number of nitrogens with zero attached hydrogens (tertiary/aromatic N) is 3. The van der Waals surface area contributed by atoms with E-state index in [1.54, 1.807) is 23.8 Å². The lowest BCUT2D eigenvalue weighted by atomic mass is 10.2. The molecule has 0 aromatic carbocycles. The van der Waals surface area contributed by atoms with Crippen molar-refractivity contribution >= 4 is 17.2 Å². The smallest absolute Gasteiger partial charge is 0.223 e. The van der Waals surface area contributed by atoms with Gasteiger partial charge >= 0.3 is 0 Å². The molecule has 2 rings (SSSR count). The summed E-state index contributed by atoms with van der Waals surface area (Å²) < 4.78 is 0. The molecule has 19 heavy (non-hydrogen) atoms. The lowest BCUT2D eigenvalue weighted by Crippen LogP contribution is -2.50. The van der Waals surface area contributed by atoms with Crippen molar-refractivity contribution < 1.29 is 9.90 Å². The molecular weight excluding hydrogens is 262 g/mol. The lowest BCUT2D eigenvalue weighted by Gasteiger charge is -2.35. The molecule has 1 aliphatic rings. The van der Waals surface area contributed by atoms with Crippen LogP contribution in [0.3, 0.4) is 0 Å². The minimum atomic E-state index is -0.299. The van der Waals surface area contributed by atoms with Gasteiger partial charge in [-0.1, -0.05) is 0 Å². The van der Waals surface area contributed by atoms with Gasteiger partial charge in [-0.3, -0.25) is 9.69 Å². The minimum Gasteiger partial charge on any atom is -0.392 e. The fraction of sp³-hybridized carbons (Fsp3) is 0.692. The van der Waals surface area contributed by atoms with E-state index in [0.717, 1.165) is 38.3 Å². The van der Waals surface area contributed by atoms with Crippen molar-refractivity contribution in [2.45, 2.75) is 25.9 Å². The number of aromatic nitrogens is 1. The summed E-state index contributed by atoms with van der Waals surface area (Å²) in [5, 5.41) is 11.3. The van der Waals surface area contributed by atoms with Gasteiger partial charge in [-0.2, -0.15) is 0 Å². The van der Waals surface area contributed by atoms with Crippen molar-refractivity contribution in [3.05, 3.63) is 16.6 Å². The highest BCUT2D eigenvalue weighted by Gasteiger charge is 2.21. The Balaban J connectivity index is 1.70. The summed E-state index contributed by atoms with van der Waals surface area (Å²) in [5.41, 5.74) is 2.81. The van der Waals surface area contributed by atoms with Crippen LogP contribution in [0.5, 0.6) is 0 Å². The van der Waals surface area contributed by atoms with Crippen LogP contribution in [-0.4, -0.2) is 64.6 Å². The van der Waals surface area contributed by atoms with Crippen molar-refractivity contribution in [3.63, 3.8) is 0 Å². The number of aliphatic hydroxyl groups is 1. The minimum absolute atomic E-state index is 0.213. The Kier molecular flexibility index (Phi) is 5.30. The first-order valence-electron chi connectivity index (χ1n) is 6.70. The number of aliphatic hydroxyl groups excluding tert-OH is 1. The van der Waals surface area contributed by atoms with Gasteiger partial charge in [0.05, 0.1) is 17.3 Å². The Morgan fingerprint density at radius 1 is 1.47 bits per heavy atom. The molecular formula is C13H21N3O2S. The van der Waals surface area contributed by atoms with E-state index >= 15 is 0 Å². The van der Waals surface area contributed by atoms with Gasteiger partial charge in [-0.05, 0) is 13.3 Å². The van der Waals surface area contributed by atoms with E-state index in [4.69, 9.17) is 0 Å². The summed E-state index contributed by atoms with van der Waals surface area (Å²) in [6.07, 6.45) is 0.975. The van der Waals surface area contributed by atoms with Crippen molar-refractivity contribution in [3.8, 4) is 0 Å². The molecule has 1 aliphatic heterocycles. The Morgan fingerprint density at radius 3 is 2.79 bits per heavy atom. The average Bonchev–Trinajstić information content (AvgIpc) is 2.89. The Hall–Kier alpha value is -0.980. The van der Waals surface area contributed by atoms with E-state index < -0.39 is 0 Å². The van der Waals surface area contributed by atoms with Gasteiger partial charge in [-0.15, -0.1) is 11.3 Å². The number of piperazine rings is 1. The highest BCUT2D eigenvalue weighted by atomic mass is 32.1. The van der Waals surface area contributed by atoms with Crippen LogP contribution in [-0.2, 0) is 11.2 Å². The van der Waals surface area contributed by atoms with E-state index in [1.165, 1.54) is 0 Å². The first-order valence-corrected chi connectivity index (χ1v) is 7.64. The monoisotopic (exact) mass is 283 g/mol. The van der Waals surface area contributed by atoms with Gasteiger partial charge in [0.15, 0.2) is 0 Å². The second-order valence-electron chi connectivity index (χ2n) is 5.01. The molecule has 2 heterocycles. The number of hydrogen-bond acceptors (Lipinski definition) is 5. The molecule has 1 amide bonds. The molecule has 0 radical (unpaired) electrons. The summed E-state index contributed by atoms with van der Waals surface area (Å²) >= 11 is 1.57. The molecule has 106 valence electrons. The van der Waals surface area contributed by atoms with Crippen LogP contribution in [0.1, 0.15) is 19.0 Å². The van der Waals surface area contributed by atoms with Gasteiger partial charge in [-0.25, -0.2) is 4.98 Å². The van der Waals surface area contributed by atoms with E-state index in [1.807, 2.05) is 10.3 Å². The highest BCUT2D eigenvalue weighted by Crippen LogP contribution is 2.08. The third-order valence-electron chi connectivity index (χ3n) is 3.33. The Labute approximate surface area is 117 Å². The number of thiazole rings is 1. The van der Waals surface area contributed by atoms with Crippen molar-refractivity contribution in [1.82, 2.24) is 14.8 Å². The van der Waals surface area contributed by atoms with Crippen LogP contribution in [0.2, 0.25) is 0 Å². The maximum Gasteiger partial charge on any atom is 0.223 e. The molecule has 0 saturated carbocycles. The predicted octanol–water partition coefficient (Wildman–Crippen LogP) is 0.601. The topological polar surface area (TPSA) is 56.7 Å². The number of rotatable bonds is 5. The van der Waals surface area contributed by atoms with Crippen molar-refractivity contribution in [1.29, 1.82) is 0 Å². The summed E-state index contributed by atoms with van der Waals surface area (Å²) in [6, 6.07) is 0. The molecule has 6 heteroatoms. The van der Waals surface area contributed by atoms with Crippen LogP contribution in [0.15, 0.2) is 10.9 Å². The number of aryl methyl sites for hydroxylation is 1. The zero-order valence-electron chi connectivity index (χ0n) is 11.3. The third-order valence-corrected chi connectivity index (χ3v) is 3.96. The van der Waals surface area contributed by atoms with Gasteiger partial charge in [0.1, 0.15) is 0 Å². The maximum absolute atomic E-state index is 12.1. The quantitative estimate of drug-likeness (QED) is 0.860. The SMILES string of the molecule is C[C@H](O)CN1CCN(C(=O)CCc2cscn2)CC1. The molecule has 5 nitrogen and oxygen atoms in total. The number of carbonyl (C=O) groups is 1. The number of hydrogen-bond donors (Lipinski definition) is 1. The lowest BCUT2D eigenvalue weighted by molar-refractivity contribution is -0.133. The van der Waals surface area contributed by atoms with Crippen LogP contribution in [0, 0.1) is 0 Å². The fourth-order valence-electron chi connectivity index (χ4n) is 2.31. The molecule has 0 spiro atoms. The van der Waals surface area contributed by atoms with Gasteiger partial charge in [0.2, 0.25) is 5.91 Å². The summed E-state index contributed by atoms with van der Waals surface area (Å²) in [6.45, 7) is 5.73. The number of carbonyl (C=O) groups excluding carboxylic acids is 1. The average molecular weight is 283 g/mol. The largest absolute Gasteiger partial charge is 0.392 e. The maximum atomic E-state index is 12.1. The van der Waals surface area contributed by atoms with E-state index in [-0.39, 0.29) is 12.0 Å². The Morgan fingerprint density at radius 2 is 2.21 bits per heavy atom.